The largest absolute Gasteiger partial charge is 0.481 e. The second kappa shape index (κ2) is 31.8. The normalized spacial score (nSPS) is 21.0. The summed E-state index contributed by atoms with van der Waals surface area (Å²) >= 11 is 12.1. The predicted molar refractivity (Wildman–Crippen MR) is 429 cm³/mol. The summed E-state index contributed by atoms with van der Waals surface area (Å²) in [7, 11) is 0. The summed E-state index contributed by atoms with van der Waals surface area (Å²) in [5.41, 5.74) is 8.25. The second-order valence-electron chi connectivity index (χ2n) is 34.9. The van der Waals surface area contributed by atoms with Crippen LogP contribution in [0.2, 0.25) is 10.0 Å². The fraction of sp³-hybridized carbons (Fsp3) is 0.471. The number of carboxylic acids is 3. The first-order valence-corrected chi connectivity index (χ1v) is 39.9. The van der Waals surface area contributed by atoms with E-state index in [1.807, 2.05) is 108 Å². The van der Waals surface area contributed by atoms with Crippen molar-refractivity contribution < 1.29 is 62.9 Å². The Bertz CT molecular complexity index is 5090. The van der Waals surface area contributed by atoms with Crippen LogP contribution >= 0.6 is 23.2 Å². The standard InChI is InChI=1S/C29H34FN5O4.2C28H32ClN5O4/c1-28(2,3)21-14-22(17-6-8-20(30)9-7-17)32-35-15-23(31-24(21)35)26(37)34-11-10-33(16-29(34,4)5)25(36)18-12-19(13-18)27(38)39;2*1-16(2)21-13-22(17-5-7-20(29)8-6-17)31-34-14-23(30-24(21)34)26(36)33-10-9-32(15-28(33,3)4)25(35)18-11-19(12-18)27(37)38/h6-9,14-15,18-19H,10-13,16H2,1-5H3,(H,38,39);2*5-8,13-14,16,18-19H,9-12,15H2,1-4H3,(H,37,38). The minimum Gasteiger partial charge on any atom is -0.481 e. The highest BCUT2D eigenvalue weighted by atomic mass is 35.5. The van der Waals surface area contributed by atoms with E-state index in [4.69, 9.17) is 63.7 Å². The predicted octanol–water partition coefficient (Wildman–Crippen LogP) is 12.7. The molecule has 6 amide bonds. The van der Waals surface area contributed by atoms with Gasteiger partial charge in [0.2, 0.25) is 17.7 Å². The van der Waals surface area contributed by atoms with Gasteiger partial charge in [-0.3, -0.25) is 43.2 Å². The zero-order valence-corrected chi connectivity index (χ0v) is 68.5. The third kappa shape index (κ3) is 17.0. The fourth-order valence-corrected chi connectivity index (χ4v) is 16.6. The summed E-state index contributed by atoms with van der Waals surface area (Å²) in [5, 5.41) is 42.8. The number of rotatable bonds is 14. The van der Waals surface area contributed by atoms with Crippen LogP contribution in [0.3, 0.4) is 0 Å². The van der Waals surface area contributed by atoms with Crippen molar-refractivity contribution >= 4 is 93.5 Å². The topological polar surface area (TPSA) is 324 Å². The molecule has 27 nitrogen and oxygen atoms in total. The maximum absolute atomic E-state index is 13.7. The number of imidazole rings is 3. The Morgan fingerprint density at radius 3 is 0.974 bits per heavy atom. The molecule has 6 fully saturated rings. The number of aliphatic carboxylic acids is 3. The quantitative estimate of drug-likeness (QED) is 0.0910. The fourth-order valence-electron chi connectivity index (χ4n) is 16.4. The van der Waals surface area contributed by atoms with E-state index in [1.165, 1.54) is 12.1 Å². The molecule has 9 aromatic rings. The van der Waals surface area contributed by atoms with E-state index in [0.717, 1.165) is 44.8 Å². The second-order valence-corrected chi connectivity index (χ2v) is 35.7. The summed E-state index contributed by atoms with van der Waals surface area (Å²) in [6.07, 6.45) is 7.28. The van der Waals surface area contributed by atoms with Crippen LogP contribution in [0, 0.1) is 41.3 Å². The molecule has 3 saturated heterocycles. The molecule has 30 heteroatoms. The minimum absolute atomic E-state index is 0.0177. The van der Waals surface area contributed by atoms with Gasteiger partial charge in [-0.25, -0.2) is 32.9 Å². The van der Waals surface area contributed by atoms with Crippen LogP contribution in [-0.4, -0.2) is 217 Å². The van der Waals surface area contributed by atoms with Crippen LogP contribution in [-0.2, 0) is 34.2 Å². The number of fused-ring (bicyclic) bond motifs is 3. The molecule has 6 aromatic heterocycles. The first kappa shape index (κ1) is 82.2. The van der Waals surface area contributed by atoms with Crippen molar-refractivity contribution in [1.29, 1.82) is 0 Å². The number of aromatic nitrogens is 9. The monoisotopic (exact) mass is 1610 g/mol. The maximum Gasteiger partial charge on any atom is 0.306 e. The summed E-state index contributed by atoms with van der Waals surface area (Å²) in [5.74, 6) is -5.32. The van der Waals surface area contributed by atoms with Crippen molar-refractivity contribution in [3.63, 3.8) is 0 Å². The number of hydrogen-bond donors (Lipinski definition) is 3. The lowest BCUT2D eigenvalue weighted by molar-refractivity contribution is -0.154. The van der Waals surface area contributed by atoms with Gasteiger partial charge in [-0.2, -0.15) is 15.3 Å². The third-order valence-electron chi connectivity index (χ3n) is 23.3. The Kier molecular flexibility index (Phi) is 22.7. The molecule has 3 saturated carbocycles. The van der Waals surface area contributed by atoms with Crippen LogP contribution in [0.4, 0.5) is 4.39 Å². The summed E-state index contributed by atoms with van der Waals surface area (Å²) < 4.78 is 18.5. The van der Waals surface area contributed by atoms with E-state index in [9.17, 15) is 47.5 Å². The van der Waals surface area contributed by atoms with E-state index >= 15 is 0 Å². The van der Waals surface area contributed by atoms with Crippen molar-refractivity contribution in [2.24, 2.45) is 35.5 Å². The summed E-state index contributed by atoms with van der Waals surface area (Å²) in [6.45, 7) is 29.6. The highest BCUT2D eigenvalue weighted by molar-refractivity contribution is 6.31. The molecule has 6 aliphatic rings. The van der Waals surface area contributed by atoms with Crippen molar-refractivity contribution in [3.05, 3.63) is 159 Å². The molecule has 3 aliphatic heterocycles. The molecule has 15 rings (SSSR count). The lowest BCUT2D eigenvalue weighted by Gasteiger charge is -2.48. The van der Waals surface area contributed by atoms with Crippen molar-refractivity contribution in [2.75, 3.05) is 58.9 Å². The van der Waals surface area contributed by atoms with Gasteiger partial charge in [-0.15, -0.1) is 0 Å². The summed E-state index contributed by atoms with van der Waals surface area (Å²) in [6, 6.07) is 27.0. The van der Waals surface area contributed by atoms with Crippen LogP contribution in [0.1, 0.15) is 189 Å². The molecular formula is C85H98Cl2FN15O12. The molecule has 0 spiro atoms. The number of hydrogen-bond acceptors (Lipinski definition) is 15. The van der Waals surface area contributed by atoms with Crippen LogP contribution in [0.5, 0.6) is 0 Å². The number of carbonyl (C=O) groups excluding carboxylic acids is 6. The van der Waals surface area contributed by atoms with Gasteiger partial charge < -0.3 is 44.7 Å². The first-order valence-electron chi connectivity index (χ1n) is 39.1. The Morgan fingerprint density at radius 1 is 0.417 bits per heavy atom. The smallest absolute Gasteiger partial charge is 0.306 e. The number of amides is 6. The lowest BCUT2D eigenvalue weighted by Crippen LogP contribution is -2.63. The van der Waals surface area contributed by atoms with Gasteiger partial charge in [0.15, 0.2) is 16.9 Å². The number of benzene rings is 3. The van der Waals surface area contributed by atoms with Crippen molar-refractivity contribution in [2.45, 2.75) is 162 Å². The number of halogens is 3. The Morgan fingerprint density at radius 2 is 0.696 bits per heavy atom. The van der Waals surface area contributed by atoms with Crippen molar-refractivity contribution in [1.82, 2.24) is 73.2 Å². The Balaban J connectivity index is 0.000000150. The minimum atomic E-state index is -0.851. The number of carboxylic acid groups (broad SMARTS) is 3. The van der Waals surface area contributed by atoms with E-state index in [2.05, 4.69) is 53.6 Å². The van der Waals surface area contributed by atoms with Gasteiger partial charge in [0, 0.05) is 120 Å². The zero-order valence-electron chi connectivity index (χ0n) is 67.0. The first-order chi connectivity index (χ1) is 54.1. The molecule has 9 heterocycles. The molecule has 115 heavy (non-hydrogen) atoms. The molecular weight excluding hydrogens is 1510 g/mol. The molecule has 0 unspecified atom stereocenters. The molecule has 3 aliphatic carbocycles. The highest BCUT2D eigenvalue weighted by Crippen LogP contribution is 2.41. The van der Waals surface area contributed by atoms with Gasteiger partial charge in [-0.05, 0) is 164 Å². The number of nitrogens with zero attached hydrogens (tertiary/aromatic N) is 15. The average molecular weight is 1610 g/mol. The van der Waals surface area contributed by atoms with E-state index in [-0.39, 0.29) is 82.0 Å². The van der Waals surface area contributed by atoms with Crippen molar-refractivity contribution in [3.8, 4) is 33.8 Å². The molecule has 0 atom stereocenters. The summed E-state index contributed by atoms with van der Waals surface area (Å²) in [4.78, 5) is 138. The lowest BCUT2D eigenvalue weighted by atomic mass is 9.74. The zero-order chi connectivity index (χ0) is 83.0. The molecule has 3 N–H and O–H groups in total. The SMILES string of the molecule is CC(C)(C)c1cc(-c2ccc(F)cc2)nn2cc(C(=O)N3CCN(C(=O)C4CC(C(=O)O)C4)CC3(C)C)nc12.CC(C)c1cc(-c2ccc(Cl)cc2)nn2cc(C(=O)N3CCN(C(=O)C4CC(C(=O)O)C4)CC3(C)C)nc12.CC(C)c1cc(-c2ccc(Cl)cc2)nn2cc(C(=O)N3CCN(C(=O)C4CC(C(=O)O)C4)CC3(C)C)nc12. The molecule has 606 valence electrons. The number of carbonyl (C=O) groups is 9. The van der Waals surface area contributed by atoms with E-state index in [0.29, 0.717) is 141 Å². The van der Waals surface area contributed by atoms with Gasteiger partial charge in [-0.1, -0.05) is 95.9 Å². The van der Waals surface area contributed by atoms with Gasteiger partial charge in [0.1, 0.15) is 22.9 Å². The third-order valence-corrected chi connectivity index (χ3v) is 23.9. The molecule has 0 radical (unpaired) electrons. The van der Waals surface area contributed by atoms with E-state index < -0.39 is 52.3 Å². The Hall–Kier alpha value is -10.7. The van der Waals surface area contributed by atoms with Crippen LogP contribution < -0.4 is 0 Å². The highest BCUT2D eigenvalue weighted by Gasteiger charge is 2.49. The molecule has 0 bridgehead atoms. The number of piperazine rings is 3. The van der Waals surface area contributed by atoms with Crippen LogP contribution in [0.25, 0.3) is 50.7 Å². The maximum atomic E-state index is 13.7. The van der Waals surface area contributed by atoms with Gasteiger partial charge in [0.25, 0.3) is 17.7 Å². The Labute approximate surface area is 675 Å². The van der Waals surface area contributed by atoms with Crippen LogP contribution in [0.15, 0.2) is 110 Å². The van der Waals surface area contributed by atoms with E-state index in [1.54, 1.807) is 73.7 Å². The molecule has 3 aromatic carbocycles. The van der Waals surface area contributed by atoms with Gasteiger partial charge >= 0.3 is 17.9 Å². The average Bonchev–Trinajstić information content (AvgIpc) is 1.66. The van der Waals surface area contributed by atoms with Gasteiger partial charge in [0.05, 0.1) is 70.0 Å².